The van der Waals surface area contributed by atoms with E-state index in [9.17, 15) is 9.59 Å². The number of nitrogens with one attached hydrogen (secondary N) is 2. The first-order valence-electron chi connectivity index (χ1n) is 7.44. The van der Waals surface area contributed by atoms with E-state index < -0.39 is 0 Å². The van der Waals surface area contributed by atoms with Crippen LogP contribution >= 0.6 is 0 Å². The van der Waals surface area contributed by atoms with Crippen LogP contribution in [0.2, 0.25) is 0 Å². The van der Waals surface area contributed by atoms with Crippen molar-refractivity contribution in [1.29, 1.82) is 0 Å². The predicted molar refractivity (Wildman–Crippen MR) is 89.4 cm³/mol. The Kier molecular flexibility index (Phi) is 6.17. The highest BCUT2D eigenvalue weighted by Gasteiger charge is 2.03. The molecule has 0 heterocycles. The molecule has 0 unspecified atom stereocenters. The van der Waals surface area contributed by atoms with Crippen LogP contribution in [0, 0.1) is 0 Å². The number of hydrogen-bond donors (Lipinski definition) is 2. The first-order chi connectivity index (χ1) is 11.1. The smallest absolute Gasteiger partial charge is 0.224 e. The number of ether oxygens (including phenoxy) is 1. The van der Waals surface area contributed by atoms with Crippen LogP contribution < -0.4 is 15.4 Å². The molecule has 0 saturated carbocycles. The molecule has 0 spiro atoms. The van der Waals surface area contributed by atoms with E-state index in [2.05, 4.69) is 10.6 Å². The summed E-state index contributed by atoms with van der Waals surface area (Å²) in [6, 6.07) is 16.7. The van der Waals surface area contributed by atoms with Crippen molar-refractivity contribution in [3.8, 4) is 5.75 Å². The van der Waals surface area contributed by atoms with E-state index >= 15 is 0 Å². The van der Waals surface area contributed by atoms with Crippen LogP contribution in [0.3, 0.4) is 0 Å². The topological polar surface area (TPSA) is 67.4 Å². The molecule has 120 valence electrons. The van der Waals surface area contributed by atoms with Gasteiger partial charge in [-0.25, -0.2) is 0 Å². The Morgan fingerprint density at radius 3 is 2.35 bits per heavy atom. The summed E-state index contributed by atoms with van der Waals surface area (Å²) in [5.41, 5.74) is 1.61. The number of hydrogen-bond acceptors (Lipinski definition) is 3. The van der Waals surface area contributed by atoms with Gasteiger partial charge in [-0.1, -0.05) is 30.3 Å². The van der Waals surface area contributed by atoms with Gasteiger partial charge < -0.3 is 15.4 Å². The average molecular weight is 312 g/mol. The van der Waals surface area contributed by atoms with Crippen LogP contribution in [0.15, 0.2) is 54.6 Å². The minimum Gasteiger partial charge on any atom is -0.492 e. The van der Waals surface area contributed by atoms with Crippen molar-refractivity contribution < 1.29 is 14.3 Å². The molecular formula is C18H20N2O3. The summed E-state index contributed by atoms with van der Waals surface area (Å²) < 4.78 is 5.50. The van der Waals surface area contributed by atoms with E-state index in [0.717, 1.165) is 17.0 Å². The third-order valence-corrected chi connectivity index (χ3v) is 3.08. The molecule has 0 radical (unpaired) electrons. The van der Waals surface area contributed by atoms with Gasteiger partial charge in [0, 0.05) is 12.6 Å². The summed E-state index contributed by atoms with van der Waals surface area (Å²) in [4.78, 5) is 22.8. The monoisotopic (exact) mass is 312 g/mol. The highest BCUT2D eigenvalue weighted by molar-refractivity contribution is 5.88. The maximum Gasteiger partial charge on any atom is 0.224 e. The number of carbonyl (C=O) groups excluding carboxylic acids is 2. The molecular weight excluding hydrogens is 292 g/mol. The van der Waals surface area contributed by atoms with Crippen molar-refractivity contribution in [2.24, 2.45) is 0 Å². The van der Waals surface area contributed by atoms with Gasteiger partial charge in [0.2, 0.25) is 11.8 Å². The van der Waals surface area contributed by atoms with E-state index in [1.54, 1.807) is 12.1 Å². The van der Waals surface area contributed by atoms with Crippen LogP contribution in [0.25, 0.3) is 0 Å². The molecule has 0 aliphatic heterocycles. The molecule has 0 aromatic heterocycles. The fourth-order valence-corrected chi connectivity index (χ4v) is 2.03. The normalized spacial score (nSPS) is 9.96. The summed E-state index contributed by atoms with van der Waals surface area (Å²) in [6.45, 7) is 2.34. The van der Waals surface area contributed by atoms with E-state index in [1.807, 2.05) is 42.5 Å². The Hall–Kier alpha value is -2.82. The lowest BCUT2D eigenvalue weighted by Crippen LogP contribution is -2.29. The van der Waals surface area contributed by atoms with Gasteiger partial charge in [-0.05, 0) is 29.8 Å². The summed E-state index contributed by atoms with van der Waals surface area (Å²) in [6.07, 6.45) is 0.297. The molecule has 0 aliphatic carbocycles. The molecule has 0 bridgehead atoms. The SMILES string of the molecule is CC(=O)Nc1ccc(CC(=O)NCCOc2ccccc2)cc1. The van der Waals surface area contributed by atoms with Crippen molar-refractivity contribution in [2.75, 3.05) is 18.5 Å². The van der Waals surface area contributed by atoms with Gasteiger partial charge in [0.1, 0.15) is 12.4 Å². The largest absolute Gasteiger partial charge is 0.492 e. The third-order valence-electron chi connectivity index (χ3n) is 3.08. The number of rotatable bonds is 7. The summed E-state index contributed by atoms with van der Waals surface area (Å²) >= 11 is 0. The fraction of sp³-hybridized carbons (Fsp3) is 0.222. The van der Waals surface area contributed by atoms with Crippen molar-refractivity contribution in [2.45, 2.75) is 13.3 Å². The Labute approximate surface area is 135 Å². The van der Waals surface area contributed by atoms with Crippen molar-refractivity contribution >= 4 is 17.5 Å². The first-order valence-corrected chi connectivity index (χ1v) is 7.44. The minimum atomic E-state index is -0.117. The van der Waals surface area contributed by atoms with Gasteiger partial charge >= 0.3 is 0 Å². The molecule has 0 saturated heterocycles. The maximum absolute atomic E-state index is 11.9. The number of benzene rings is 2. The standard InChI is InChI=1S/C18H20N2O3/c1-14(21)20-16-9-7-15(8-10-16)13-18(22)19-11-12-23-17-5-3-2-4-6-17/h2-10H,11-13H2,1H3,(H,19,22)(H,20,21). The molecule has 0 aliphatic rings. The van der Waals surface area contributed by atoms with Gasteiger partial charge in [0.15, 0.2) is 0 Å². The van der Waals surface area contributed by atoms with Gasteiger partial charge in [-0.15, -0.1) is 0 Å². The quantitative estimate of drug-likeness (QED) is 0.771. The molecule has 2 N–H and O–H groups in total. The first kappa shape index (κ1) is 16.5. The third kappa shape index (κ3) is 6.22. The molecule has 23 heavy (non-hydrogen) atoms. The number of amides is 2. The predicted octanol–water partition coefficient (Wildman–Crippen LogP) is 2.38. The van der Waals surface area contributed by atoms with Gasteiger partial charge in [0.05, 0.1) is 13.0 Å². The summed E-state index contributed by atoms with van der Waals surface area (Å²) in [5, 5.41) is 5.50. The van der Waals surface area contributed by atoms with Gasteiger partial charge in [-0.3, -0.25) is 9.59 Å². The van der Waals surface area contributed by atoms with Crippen LogP contribution in [0.5, 0.6) is 5.75 Å². The van der Waals surface area contributed by atoms with Gasteiger partial charge in [-0.2, -0.15) is 0 Å². The van der Waals surface area contributed by atoms with E-state index in [1.165, 1.54) is 6.92 Å². The zero-order valence-corrected chi connectivity index (χ0v) is 13.0. The minimum absolute atomic E-state index is 0.0612. The number of carbonyl (C=O) groups is 2. The van der Waals surface area contributed by atoms with Crippen LogP contribution in [-0.4, -0.2) is 25.0 Å². The van der Waals surface area contributed by atoms with Crippen LogP contribution in [0.4, 0.5) is 5.69 Å². The van der Waals surface area contributed by atoms with Crippen molar-refractivity contribution in [3.05, 3.63) is 60.2 Å². The van der Waals surface area contributed by atoms with E-state index in [0.29, 0.717) is 19.6 Å². The zero-order valence-electron chi connectivity index (χ0n) is 13.0. The average Bonchev–Trinajstić information content (AvgIpc) is 2.54. The molecule has 5 heteroatoms. The Bertz CT molecular complexity index is 639. The second-order valence-electron chi connectivity index (χ2n) is 5.07. The lowest BCUT2D eigenvalue weighted by molar-refractivity contribution is -0.120. The Balaban J connectivity index is 1.69. The lowest BCUT2D eigenvalue weighted by atomic mass is 10.1. The molecule has 0 atom stereocenters. The lowest BCUT2D eigenvalue weighted by Gasteiger charge is -2.08. The maximum atomic E-state index is 11.9. The zero-order chi connectivity index (χ0) is 16.5. The van der Waals surface area contributed by atoms with E-state index in [-0.39, 0.29) is 11.8 Å². The van der Waals surface area contributed by atoms with E-state index in [4.69, 9.17) is 4.74 Å². The second kappa shape index (κ2) is 8.58. The van der Waals surface area contributed by atoms with Crippen molar-refractivity contribution in [3.63, 3.8) is 0 Å². The molecule has 0 fully saturated rings. The second-order valence-corrected chi connectivity index (χ2v) is 5.07. The molecule has 2 aromatic carbocycles. The van der Waals surface area contributed by atoms with Crippen LogP contribution in [-0.2, 0) is 16.0 Å². The van der Waals surface area contributed by atoms with Gasteiger partial charge in [0.25, 0.3) is 0 Å². The molecule has 5 nitrogen and oxygen atoms in total. The summed E-state index contributed by atoms with van der Waals surface area (Å²) in [7, 11) is 0. The Morgan fingerprint density at radius 2 is 1.70 bits per heavy atom. The molecule has 2 rings (SSSR count). The highest BCUT2D eigenvalue weighted by Crippen LogP contribution is 2.10. The highest BCUT2D eigenvalue weighted by atomic mass is 16.5. The number of para-hydroxylation sites is 1. The number of anilines is 1. The van der Waals surface area contributed by atoms with Crippen LogP contribution in [0.1, 0.15) is 12.5 Å². The summed E-state index contributed by atoms with van der Waals surface area (Å²) in [5.74, 6) is 0.609. The Morgan fingerprint density at radius 1 is 1.00 bits per heavy atom. The molecule has 2 amide bonds. The van der Waals surface area contributed by atoms with Crippen molar-refractivity contribution in [1.82, 2.24) is 5.32 Å². The fourth-order valence-electron chi connectivity index (χ4n) is 2.03. The molecule has 2 aromatic rings.